The molecule has 0 amide bonds. The molecule has 0 radical (unpaired) electrons. The molecule has 3 rings (SSSR count). The fourth-order valence-electron chi connectivity index (χ4n) is 7.87. The molecule has 0 aromatic rings. The zero-order valence-electron chi connectivity index (χ0n) is 35.6. The van der Waals surface area contributed by atoms with Gasteiger partial charge in [0.15, 0.2) is 16.2 Å². The second-order valence-corrected chi connectivity index (χ2v) is 18.4. The van der Waals surface area contributed by atoms with E-state index >= 15 is 0 Å². The van der Waals surface area contributed by atoms with Crippen LogP contribution in [-0.4, -0.2) is 67.4 Å². The van der Waals surface area contributed by atoms with Gasteiger partial charge in [0.25, 0.3) is 0 Å². The van der Waals surface area contributed by atoms with Crippen LogP contribution in [0.2, 0.25) is 0 Å². The first-order chi connectivity index (χ1) is 26.2. The van der Waals surface area contributed by atoms with E-state index in [-0.39, 0.29) is 12.8 Å². The molecule has 0 atom stereocenters. The molecule has 0 aromatic heterocycles. The predicted molar refractivity (Wildman–Crippen MR) is 214 cm³/mol. The molecule has 0 unspecified atom stereocenters. The first-order valence-electron chi connectivity index (χ1n) is 21.6. The second-order valence-electron chi connectivity index (χ2n) is 18.4. The largest absolute Gasteiger partial charge is 0.480 e. The number of rotatable bonds is 6. The van der Waals surface area contributed by atoms with Crippen molar-refractivity contribution in [3.8, 4) is 0 Å². The number of carboxylic acid groups (broad SMARTS) is 4. The van der Waals surface area contributed by atoms with Gasteiger partial charge in [-0.25, -0.2) is 0 Å². The standard InChI is InChI=1S/2C16H28O4.C12H20O4/c2*1-15(2,3)20-14(19)16(13(17)18)11-9-7-5-4-6-8-10-12-16;13-10(14)12(11(15)16)8-6-4-2-1-3-5-7-9-12/h2*4-12H2,1-3H3,(H,17,18);1-9H2,(H,13,14)(H,15,16). The Morgan fingerprint density at radius 2 is 0.482 bits per heavy atom. The first-order valence-corrected chi connectivity index (χ1v) is 21.6. The molecule has 0 bridgehead atoms. The van der Waals surface area contributed by atoms with Crippen molar-refractivity contribution in [3.63, 3.8) is 0 Å². The van der Waals surface area contributed by atoms with Gasteiger partial charge in [-0.3, -0.25) is 28.8 Å². The Hall–Kier alpha value is -3.18. The van der Waals surface area contributed by atoms with E-state index in [0.29, 0.717) is 38.5 Å². The number of ether oxygens (including phenoxy) is 2. The molecule has 0 aliphatic heterocycles. The molecule has 0 spiro atoms. The van der Waals surface area contributed by atoms with Gasteiger partial charge in [-0.2, -0.15) is 0 Å². The van der Waals surface area contributed by atoms with Crippen LogP contribution in [-0.2, 0) is 38.2 Å². The average Bonchev–Trinajstić information content (AvgIpc) is 3.10. The summed E-state index contributed by atoms with van der Waals surface area (Å²) < 4.78 is 10.8. The molecule has 3 aliphatic carbocycles. The van der Waals surface area contributed by atoms with Gasteiger partial charge in [0.05, 0.1) is 0 Å². The molecule has 0 aromatic carbocycles. The Morgan fingerprint density at radius 1 is 0.321 bits per heavy atom. The highest BCUT2D eigenvalue weighted by atomic mass is 16.6. The Kier molecular flexibility index (Phi) is 22.3. The topological polar surface area (TPSA) is 202 Å². The second kappa shape index (κ2) is 24.6. The van der Waals surface area contributed by atoms with Gasteiger partial charge in [-0.15, -0.1) is 0 Å². The maximum atomic E-state index is 12.4. The van der Waals surface area contributed by atoms with Crippen LogP contribution in [0.4, 0.5) is 0 Å². The molecule has 3 saturated carbocycles. The lowest BCUT2D eigenvalue weighted by atomic mass is 9.77. The van der Waals surface area contributed by atoms with Crippen molar-refractivity contribution >= 4 is 35.8 Å². The monoisotopic (exact) mass is 797 g/mol. The average molecular weight is 797 g/mol. The number of hydrogen-bond acceptors (Lipinski definition) is 8. The SMILES string of the molecule is CC(C)(C)OC(=O)C1(C(=O)O)CCCCCCCCC1.CC(C)(C)OC(=O)C1(C(=O)O)CCCCCCCCC1.O=C(O)C1(C(=O)O)CCCCCCCCC1. The number of aliphatic carboxylic acids is 4. The van der Waals surface area contributed by atoms with E-state index in [4.69, 9.17) is 19.7 Å². The third-order valence-electron chi connectivity index (χ3n) is 11.3. The highest BCUT2D eigenvalue weighted by Gasteiger charge is 2.49. The van der Waals surface area contributed by atoms with Crippen LogP contribution in [0.15, 0.2) is 0 Å². The van der Waals surface area contributed by atoms with Crippen LogP contribution in [0.1, 0.15) is 215 Å². The van der Waals surface area contributed by atoms with Crippen molar-refractivity contribution in [2.45, 2.75) is 226 Å². The Labute approximate surface area is 336 Å². The lowest BCUT2D eigenvalue weighted by molar-refractivity contribution is -0.180. The van der Waals surface area contributed by atoms with Crippen molar-refractivity contribution in [1.29, 1.82) is 0 Å². The fraction of sp³-hybridized carbons (Fsp3) is 0.864. The molecule has 12 nitrogen and oxygen atoms in total. The van der Waals surface area contributed by atoms with Gasteiger partial charge < -0.3 is 29.9 Å². The van der Waals surface area contributed by atoms with Crippen LogP contribution in [0.3, 0.4) is 0 Å². The van der Waals surface area contributed by atoms with E-state index in [2.05, 4.69) is 0 Å². The van der Waals surface area contributed by atoms with E-state index in [0.717, 1.165) is 103 Å². The minimum Gasteiger partial charge on any atom is -0.480 e. The molecule has 56 heavy (non-hydrogen) atoms. The van der Waals surface area contributed by atoms with E-state index in [1.165, 1.54) is 19.3 Å². The third-order valence-corrected chi connectivity index (χ3v) is 11.3. The van der Waals surface area contributed by atoms with Gasteiger partial charge in [-0.1, -0.05) is 135 Å². The molecule has 0 saturated heterocycles. The van der Waals surface area contributed by atoms with Crippen molar-refractivity contribution < 1.29 is 58.7 Å². The maximum absolute atomic E-state index is 12.4. The van der Waals surface area contributed by atoms with Crippen LogP contribution in [0, 0.1) is 16.2 Å². The van der Waals surface area contributed by atoms with Gasteiger partial charge in [0.2, 0.25) is 0 Å². The number of hydrogen-bond donors (Lipinski definition) is 4. The first kappa shape index (κ1) is 50.8. The molecule has 3 fully saturated rings. The van der Waals surface area contributed by atoms with Crippen molar-refractivity contribution in [2.24, 2.45) is 16.2 Å². The molecule has 4 N–H and O–H groups in total. The van der Waals surface area contributed by atoms with Gasteiger partial charge in [0, 0.05) is 0 Å². The molecular weight excluding hydrogens is 720 g/mol. The highest BCUT2D eigenvalue weighted by molar-refractivity contribution is 6.00. The number of carboxylic acids is 4. The predicted octanol–water partition coefficient (Wildman–Crippen LogP) is 10.5. The molecule has 324 valence electrons. The Bertz CT molecular complexity index is 1130. The summed E-state index contributed by atoms with van der Waals surface area (Å²) in [6.45, 7) is 10.7. The minimum absolute atomic E-state index is 0.275. The summed E-state index contributed by atoms with van der Waals surface area (Å²) in [4.78, 5) is 70.8. The molecule has 12 heteroatoms. The van der Waals surface area contributed by atoms with Gasteiger partial charge in [0.1, 0.15) is 11.2 Å². The van der Waals surface area contributed by atoms with E-state index in [1.807, 2.05) is 0 Å². The van der Waals surface area contributed by atoms with Crippen molar-refractivity contribution in [2.75, 3.05) is 0 Å². The highest BCUT2D eigenvalue weighted by Crippen LogP contribution is 2.38. The summed E-state index contributed by atoms with van der Waals surface area (Å²) in [5.41, 5.74) is -5.50. The van der Waals surface area contributed by atoms with Crippen LogP contribution in [0.25, 0.3) is 0 Å². The third kappa shape index (κ3) is 17.5. The fourth-order valence-corrected chi connectivity index (χ4v) is 7.87. The molecule has 0 heterocycles. The number of carbonyl (C=O) groups excluding carboxylic acids is 2. The zero-order valence-corrected chi connectivity index (χ0v) is 35.6. The number of esters is 2. The summed E-state index contributed by atoms with van der Waals surface area (Å²) in [5, 5.41) is 37.6. The summed E-state index contributed by atoms with van der Waals surface area (Å²) in [6, 6.07) is 0. The van der Waals surface area contributed by atoms with Crippen molar-refractivity contribution in [1.82, 2.24) is 0 Å². The smallest absolute Gasteiger partial charge is 0.323 e. The van der Waals surface area contributed by atoms with E-state index in [9.17, 15) is 39.0 Å². The number of carbonyl (C=O) groups is 6. The zero-order chi connectivity index (χ0) is 42.5. The van der Waals surface area contributed by atoms with E-state index < -0.39 is 63.3 Å². The Balaban J connectivity index is 0.000000423. The molecule has 3 aliphatic rings. The van der Waals surface area contributed by atoms with E-state index in [1.54, 1.807) is 41.5 Å². The summed E-state index contributed by atoms with van der Waals surface area (Å²) in [6.07, 6.45) is 22.9. The summed E-state index contributed by atoms with van der Waals surface area (Å²) in [5.74, 6) is -5.49. The summed E-state index contributed by atoms with van der Waals surface area (Å²) >= 11 is 0. The van der Waals surface area contributed by atoms with Gasteiger partial charge in [-0.05, 0) is 80.1 Å². The van der Waals surface area contributed by atoms with Crippen LogP contribution >= 0.6 is 0 Å². The van der Waals surface area contributed by atoms with Crippen LogP contribution in [0.5, 0.6) is 0 Å². The lowest BCUT2D eigenvalue weighted by Crippen LogP contribution is -2.43. The quantitative estimate of drug-likeness (QED) is 0.147. The maximum Gasteiger partial charge on any atom is 0.323 e. The summed E-state index contributed by atoms with van der Waals surface area (Å²) in [7, 11) is 0. The van der Waals surface area contributed by atoms with Crippen molar-refractivity contribution in [3.05, 3.63) is 0 Å². The Morgan fingerprint density at radius 3 is 0.643 bits per heavy atom. The molecular formula is C44H76O12. The van der Waals surface area contributed by atoms with Crippen LogP contribution < -0.4 is 0 Å². The lowest BCUT2D eigenvalue weighted by Gasteiger charge is -2.31. The van der Waals surface area contributed by atoms with Gasteiger partial charge >= 0.3 is 35.8 Å². The minimum atomic E-state index is -1.53. The normalized spacial score (nSPS) is 21.3.